The summed E-state index contributed by atoms with van der Waals surface area (Å²) in [6.07, 6.45) is 1.11. The topological polar surface area (TPSA) is 80.9 Å². The molecule has 1 unspecified atom stereocenters. The summed E-state index contributed by atoms with van der Waals surface area (Å²) >= 11 is 0. The molecular formula is C18H17N5O3. The van der Waals surface area contributed by atoms with Crippen LogP contribution in [0, 0.1) is 0 Å². The molecular weight excluding hydrogens is 334 g/mol. The number of hydrogen-bond acceptors (Lipinski definition) is 5. The highest BCUT2D eigenvalue weighted by molar-refractivity contribution is 6.09. The highest BCUT2D eigenvalue weighted by Crippen LogP contribution is 2.42. The third kappa shape index (κ3) is 1.65. The van der Waals surface area contributed by atoms with Crippen LogP contribution in [0.4, 0.5) is 10.5 Å². The first-order chi connectivity index (χ1) is 12.7. The van der Waals surface area contributed by atoms with Gasteiger partial charge in [0, 0.05) is 12.0 Å². The van der Waals surface area contributed by atoms with Gasteiger partial charge in [0.1, 0.15) is 6.61 Å². The van der Waals surface area contributed by atoms with Crippen molar-refractivity contribution in [2.75, 3.05) is 24.6 Å². The molecule has 0 aliphatic carbocycles. The monoisotopic (exact) mass is 351 g/mol. The number of hydrogen-bond donors (Lipinski definition) is 1. The zero-order valence-electron chi connectivity index (χ0n) is 14.0. The van der Waals surface area contributed by atoms with Crippen molar-refractivity contribution in [3.8, 4) is 0 Å². The summed E-state index contributed by atoms with van der Waals surface area (Å²) in [7, 11) is 0. The average Bonchev–Trinajstić information content (AvgIpc) is 3.24. The second-order valence-electron chi connectivity index (χ2n) is 7.14. The van der Waals surface area contributed by atoms with E-state index in [2.05, 4.69) is 5.32 Å². The summed E-state index contributed by atoms with van der Waals surface area (Å²) in [6.45, 7) is 2.06. The smallest absolute Gasteiger partial charge is 0.416 e. The van der Waals surface area contributed by atoms with Crippen molar-refractivity contribution in [2.45, 2.75) is 24.9 Å². The van der Waals surface area contributed by atoms with Crippen LogP contribution >= 0.6 is 0 Å². The van der Waals surface area contributed by atoms with Crippen LogP contribution in [0.2, 0.25) is 0 Å². The van der Waals surface area contributed by atoms with Gasteiger partial charge in [-0.15, -0.1) is 0 Å². The Morgan fingerprint density at radius 3 is 2.88 bits per heavy atom. The van der Waals surface area contributed by atoms with Crippen LogP contribution in [0.25, 0.3) is 16.6 Å². The average molecular weight is 351 g/mol. The van der Waals surface area contributed by atoms with Crippen molar-refractivity contribution in [3.05, 3.63) is 40.3 Å². The molecule has 1 aromatic carbocycles. The van der Waals surface area contributed by atoms with E-state index in [1.807, 2.05) is 22.7 Å². The Hall–Kier alpha value is -2.87. The molecule has 132 valence electrons. The molecule has 8 heteroatoms. The molecule has 2 fully saturated rings. The molecule has 26 heavy (non-hydrogen) atoms. The maximum atomic E-state index is 13.1. The number of nitrogens with one attached hydrogen (secondary N) is 1. The van der Waals surface area contributed by atoms with E-state index in [0.29, 0.717) is 5.92 Å². The number of piperidine rings is 1. The lowest BCUT2D eigenvalue weighted by Gasteiger charge is -2.30. The number of anilines is 1. The lowest BCUT2D eigenvalue weighted by Crippen LogP contribution is -2.40. The van der Waals surface area contributed by atoms with E-state index in [1.165, 1.54) is 0 Å². The van der Waals surface area contributed by atoms with Gasteiger partial charge >= 0.3 is 6.09 Å². The van der Waals surface area contributed by atoms with Crippen LogP contribution in [0.5, 0.6) is 0 Å². The number of ether oxygens (including phenoxy) is 1. The SMILES string of the molecule is O=C1OCC2N1c1cccc3nn4c(C5CCNCC5)cc(=O)n2c4c13. The lowest BCUT2D eigenvalue weighted by atomic mass is 9.94. The van der Waals surface area contributed by atoms with Gasteiger partial charge in [0.15, 0.2) is 11.8 Å². The molecule has 5 heterocycles. The van der Waals surface area contributed by atoms with Crippen LogP contribution in [0.1, 0.15) is 30.6 Å². The number of carbonyl (C=O) groups excluding carboxylic acids is 1. The molecule has 1 atom stereocenters. The summed E-state index contributed by atoms with van der Waals surface area (Å²) in [5, 5.41) is 9.01. The van der Waals surface area contributed by atoms with Gasteiger partial charge in [0.2, 0.25) is 0 Å². The Labute approximate surface area is 147 Å². The van der Waals surface area contributed by atoms with E-state index >= 15 is 0 Å². The quantitative estimate of drug-likeness (QED) is 0.720. The van der Waals surface area contributed by atoms with Crippen LogP contribution in [0.15, 0.2) is 29.1 Å². The molecule has 2 saturated heterocycles. The third-order valence-electron chi connectivity index (χ3n) is 5.80. The number of cyclic esters (lactones) is 1. The van der Waals surface area contributed by atoms with Crippen molar-refractivity contribution in [2.24, 2.45) is 0 Å². The van der Waals surface area contributed by atoms with Crippen molar-refractivity contribution >= 4 is 28.3 Å². The number of benzene rings is 1. The zero-order valence-corrected chi connectivity index (χ0v) is 14.0. The predicted molar refractivity (Wildman–Crippen MR) is 94.7 cm³/mol. The molecule has 8 nitrogen and oxygen atoms in total. The molecule has 3 aliphatic rings. The van der Waals surface area contributed by atoms with Crippen molar-refractivity contribution in [1.29, 1.82) is 0 Å². The second-order valence-corrected chi connectivity index (χ2v) is 7.14. The van der Waals surface area contributed by atoms with Crippen molar-refractivity contribution in [1.82, 2.24) is 19.5 Å². The number of aromatic nitrogens is 3. The van der Waals surface area contributed by atoms with Gasteiger partial charge in [-0.1, -0.05) is 6.07 Å². The first kappa shape index (κ1) is 14.3. The van der Waals surface area contributed by atoms with E-state index in [9.17, 15) is 9.59 Å². The van der Waals surface area contributed by atoms with Gasteiger partial charge in [0.25, 0.3) is 5.56 Å². The van der Waals surface area contributed by atoms with E-state index in [-0.39, 0.29) is 12.2 Å². The van der Waals surface area contributed by atoms with Crippen molar-refractivity contribution < 1.29 is 9.53 Å². The fourth-order valence-electron chi connectivity index (χ4n) is 4.62. The summed E-state index contributed by atoms with van der Waals surface area (Å²) < 4.78 is 8.84. The lowest BCUT2D eigenvalue weighted by molar-refractivity contribution is 0.176. The van der Waals surface area contributed by atoms with Gasteiger partial charge in [-0.3, -0.25) is 14.3 Å². The van der Waals surface area contributed by atoms with E-state index < -0.39 is 12.3 Å². The molecule has 3 aromatic rings. The number of fused-ring (bicyclic) bond motifs is 3. The fourth-order valence-corrected chi connectivity index (χ4v) is 4.62. The maximum absolute atomic E-state index is 13.1. The van der Waals surface area contributed by atoms with Crippen LogP contribution < -0.4 is 15.8 Å². The highest BCUT2D eigenvalue weighted by Gasteiger charge is 2.42. The minimum Gasteiger partial charge on any atom is -0.445 e. The molecule has 0 radical (unpaired) electrons. The minimum atomic E-state index is -0.450. The Bertz CT molecular complexity index is 1140. The van der Waals surface area contributed by atoms with Gasteiger partial charge in [-0.05, 0) is 38.1 Å². The molecule has 0 bridgehead atoms. The molecule has 3 aliphatic heterocycles. The number of rotatable bonds is 1. The summed E-state index contributed by atoms with van der Waals surface area (Å²) in [6, 6.07) is 7.41. The van der Waals surface area contributed by atoms with Gasteiger partial charge in [-0.2, -0.15) is 5.10 Å². The molecule has 0 spiro atoms. The number of nitrogens with zero attached hydrogens (tertiary/aromatic N) is 4. The van der Waals surface area contributed by atoms with Gasteiger partial charge in [-0.25, -0.2) is 9.31 Å². The standard InChI is InChI=1S/C18H17N5O3/c24-15-8-13(10-4-6-19-7-5-10)23-17-16-11(20-23)2-1-3-12(16)21-14(22(15)17)9-26-18(21)25/h1-3,8,10,14,19H,4-7,9H2. The molecule has 1 N–H and O–H groups in total. The zero-order chi connectivity index (χ0) is 17.4. The maximum Gasteiger partial charge on any atom is 0.416 e. The summed E-state index contributed by atoms with van der Waals surface area (Å²) in [5.41, 5.74) is 3.19. The second kappa shape index (κ2) is 4.85. The number of carbonyl (C=O) groups is 1. The summed E-state index contributed by atoms with van der Waals surface area (Å²) in [4.78, 5) is 26.9. The Morgan fingerprint density at radius 1 is 1.19 bits per heavy atom. The van der Waals surface area contributed by atoms with E-state index in [4.69, 9.17) is 9.84 Å². The molecule has 0 saturated carbocycles. The molecule has 1 amide bonds. The van der Waals surface area contributed by atoms with Gasteiger partial charge in [0.05, 0.1) is 22.3 Å². The minimum absolute atomic E-state index is 0.101. The van der Waals surface area contributed by atoms with Gasteiger partial charge < -0.3 is 10.1 Å². The van der Waals surface area contributed by atoms with Crippen LogP contribution in [0.3, 0.4) is 0 Å². The van der Waals surface area contributed by atoms with E-state index in [1.54, 1.807) is 15.5 Å². The first-order valence-electron chi connectivity index (χ1n) is 8.97. The normalized spacial score (nSPS) is 22.4. The Kier molecular flexibility index (Phi) is 2.67. The third-order valence-corrected chi connectivity index (χ3v) is 5.80. The fraction of sp³-hybridized carbons (Fsp3) is 0.389. The predicted octanol–water partition coefficient (Wildman–Crippen LogP) is 1.58. The Balaban J connectivity index is 1.74. The van der Waals surface area contributed by atoms with E-state index in [0.717, 1.165) is 53.9 Å². The summed E-state index contributed by atoms with van der Waals surface area (Å²) in [5.74, 6) is 0.302. The first-order valence-corrected chi connectivity index (χ1v) is 8.97. The Morgan fingerprint density at radius 2 is 2.04 bits per heavy atom. The largest absolute Gasteiger partial charge is 0.445 e. The van der Waals surface area contributed by atoms with Crippen molar-refractivity contribution in [3.63, 3.8) is 0 Å². The van der Waals surface area contributed by atoms with Crippen LogP contribution in [-0.2, 0) is 4.74 Å². The molecule has 2 aromatic heterocycles. The number of amides is 1. The molecule has 6 rings (SSSR count). The van der Waals surface area contributed by atoms with Crippen LogP contribution in [-0.4, -0.2) is 40.0 Å². The highest BCUT2D eigenvalue weighted by atomic mass is 16.6.